The van der Waals surface area contributed by atoms with Gasteiger partial charge in [0.25, 0.3) is 5.69 Å². The van der Waals surface area contributed by atoms with E-state index in [0.29, 0.717) is 11.3 Å². The lowest BCUT2D eigenvalue weighted by Gasteiger charge is -2.08. The molecule has 0 saturated carbocycles. The van der Waals surface area contributed by atoms with Crippen LogP contribution in [0.15, 0.2) is 34.6 Å². The van der Waals surface area contributed by atoms with Gasteiger partial charge in [-0.15, -0.1) is 0 Å². The summed E-state index contributed by atoms with van der Waals surface area (Å²) in [4.78, 5) is 21.6. The SMILES string of the molecule is COc1ccc([N+](=O)[O-])cc1Cn1ccsc1=O. The highest BCUT2D eigenvalue weighted by atomic mass is 32.1. The fourth-order valence-corrected chi connectivity index (χ4v) is 2.18. The van der Waals surface area contributed by atoms with E-state index in [0.717, 1.165) is 11.3 Å². The van der Waals surface area contributed by atoms with Crippen LogP contribution in [-0.4, -0.2) is 16.6 Å². The van der Waals surface area contributed by atoms with Crippen molar-refractivity contribution in [3.63, 3.8) is 0 Å². The van der Waals surface area contributed by atoms with E-state index in [2.05, 4.69) is 0 Å². The first-order valence-electron chi connectivity index (χ1n) is 5.07. The molecule has 0 spiro atoms. The Bertz CT molecular complexity index is 632. The molecule has 0 N–H and O–H groups in total. The fourth-order valence-electron chi connectivity index (χ4n) is 1.59. The molecule has 1 aromatic carbocycles. The molecule has 0 aliphatic carbocycles. The number of hydrogen-bond acceptors (Lipinski definition) is 5. The summed E-state index contributed by atoms with van der Waals surface area (Å²) in [5.74, 6) is 0.527. The minimum atomic E-state index is -0.473. The van der Waals surface area contributed by atoms with E-state index in [1.807, 2.05) is 0 Å². The number of nitro groups is 1. The van der Waals surface area contributed by atoms with Crippen molar-refractivity contribution < 1.29 is 9.66 Å². The summed E-state index contributed by atoms with van der Waals surface area (Å²) < 4.78 is 6.61. The van der Waals surface area contributed by atoms with Crippen molar-refractivity contribution in [1.29, 1.82) is 0 Å². The van der Waals surface area contributed by atoms with Crippen LogP contribution in [0.4, 0.5) is 5.69 Å². The average Bonchev–Trinajstić information content (AvgIpc) is 2.75. The maximum atomic E-state index is 11.4. The first kappa shape index (κ1) is 12.3. The maximum absolute atomic E-state index is 11.4. The molecule has 7 heteroatoms. The van der Waals surface area contributed by atoms with Crippen molar-refractivity contribution in [3.05, 3.63) is 55.1 Å². The van der Waals surface area contributed by atoms with Gasteiger partial charge in [-0.25, -0.2) is 0 Å². The number of nitro benzene ring substituents is 1. The normalized spacial score (nSPS) is 10.3. The highest BCUT2D eigenvalue weighted by molar-refractivity contribution is 7.07. The molecule has 0 fully saturated rings. The Kier molecular flexibility index (Phi) is 3.42. The van der Waals surface area contributed by atoms with Gasteiger partial charge in [0.2, 0.25) is 0 Å². The molecule has 0 amide bonds. The third kappa shape index (κ3) is 2.40. The van der Waals surface area contributed by atoms with Gasteiger partial charge in [0.05, 0.1) is 18.6 Å². The maximum Gasteiger partial charge on any atom is 0.307 e. The van der Waals surface area contributed by atoms with E-state index in [4.69, 9.17) is 4.74 Å². The predicted octanol–water partition coefficient (Wildman–Crippen LogP) is 1.87. The Morgan fingerprint density at radius 2 is 2.28 bits per heavy atom. The Morgan fingerprint density at radius 1 is 1.50 bits per heavy atom. The van der Waals surface area contributed by atoms with Crippen molar-refractivity contribution in [1.82, 2.24) is 4.57 Å². The van der Waals surface area contributed by atoms with E-state index in [1.54, 1.807) is 11.6 Å². The molecule has 18 heavy (non-hydrogen) atoms. The Morgan fingerprint density at radius 3 is 2.83 bits per heavy atom. The van der Waals surface area contributed by atoms with Crippen LogP contribution in [0.1, 0.15) is 5.56 Å². The van der Waals surface area contributed by atoms with Gasteiger partial charge >= 0.3 is 4.87 Å². The van der Waals surface area contributed by atoms with Crippen molar-refractivity contribution in [2.24, 2.45) is 0 Å². The topological polar surface area (TPSA) is 74.4 Å². The number of nitrogens with zero attached hydrogens (tertiary/aromatic N) is 2. The average molecular weight is 266 g/mol. The van der Waals surface area contributed by atoms with E-state index in [1.165, 1.54) is 29.9 Å². The Balaban J connectivity index is 2.41. The van der Waals surface area contributed by atoms with Gasteiger partial charge < -0.3 is 9.30 Å². The molecule has 94 valence electrons. The monoisotopic (exact) mass is 266 g/mol. The third-order valence-electron chi connectivity index (χ3n) is 2.46. The number of aromatic nitrogens is 1. The zero-order valence-electron chi connectivity index (χ0n) is 9.53. The lowest BCUT2D eigenvalue weighted by molar-refractivity contribution is -0.384. The molecular formula is C11H10N2O4S. The summed E-state index contributed by atoms with van der Waals surface area (Å²) in [7, 11) is 1.49. The second-order valence-electron chi connectivity index (χ2n) is 3.55. The zero-order chi connectivity index (χ0) is 13.1. The minimum Gasteiger partial charge on any atom is -0.496 e. The zero-order valence-corrected chi connectivity index (χ0v) is 10.3. The molecule has 0 aliphatic heterocycles. The van der Waals surface area contributed by atoms with Gasteiger partial charge in [0.1, 0.15) is 5.75 Å². The molecule has 0 aliphatic rings. The number of ether oxygens (including phenoxy) is 1. The summed E-state index contributed by atoms with van der Waals surface area (Å²) >= 11 is 1.08. The van der Waals surface area contributed by atoms with Crippen LogP contribution in [0.3, 0.4) is 0 Å². The molecule has 1 heterocycles. The van der Waals surface area contributed by atoms with E-state index >= 15 is 0 Å². The second kappa shape index (κ2) is 5.01. The molecule has 0 unspecified atom stereocenters. The number of benzene rings is 1. The largest absolute Gasteiger partial charge is 0.496 e. The van der Waals surface area contributed by atoms with Gasteiger partial charge in [0, 0.05) is 29.3 Å². The molecule has 2 aromatic rings. The second-order valence-corrected chi connectivity index (χ2v) is 4.41. The fraction of sp³-hybridized carbons (Fsp3) is 0.182. The van der Waals surface area contributed by atoms with E-state index < -0.39 is 4.92 Å². The highest BCUT2D eigenvalue weighted by Gasteiger charge is 2.12. The van der Waals surface area contributed by atoms with Gasteiger partial charge in [-0.05, 0) is 6.07 Å². The number of rotatable bonds is 4. The quantitative estimate of drug-likeness (QED) is 0.625. The third-order valence-corrected chi connectivity index (χ3v) is 3.15. The van der Waals surface area contributed by atoms with Gasteiger partial charge in [0.15, 0.2) is 0 Å². The van der Waals surface area contributed by atoms with Gasteiger partial charge in [-0.3, -0.25) is 14.9 Å². The van der Waals surface area contributed by atoms with Crippen LogP contribution in [0.5, 0.6) is 5.75 Å². The lowest BCUT2D eigenvalue weighted by Crippen LogP contribution is -2.13. The van der Waals surface area contributed by atoms with Gasteiger partial charge in [-0.1, -0.05) is 11.3 Å². The van der Waals surface area contributed by atoms with Crippen LogP contribution in [0.25, 0.3) is 0 Å². The van der Waals surface area contributed by atoms with E-state index in [9.17, 15) is 14.9 Å². The van der Waals surface area contributed by atoms with E-state index in [-0.39, 0.29) is 17.1 Å². The molecule has 0 bridgehead atoms. The molecule has 2 rings (SSSR count). The number of methoxy groups -OCH3 is 1. The van der Waals surface area contributed by atoms with Crippen molar-refractivity contribution in [2.75, 3.05) is 7.11 Å². The summed E-state index contributed by atoms with van der Waals surface area (Å²) in [6.45, 7) is 0.257. The molecule has 0 atom stereocenters. The molecule has 1 aromatic heterocycles. The van der Waals surface area contributed by atoms with Crippen LogP contribution >= 0.6 is 11.3 Å². The summed E-state index contributed by atoms with van der Waals surface area (Å²) in [5.41, 5.74) is 0.585. The molecule has 0 radical (unpaired) electrons. The van der Waals surface area contributed by atoms with Crippen LogP contribution in [-0.2, 0) is 6.54 Å². The summed E-state index contributed by atoms with van der Waals surface area (Å²) in [6.07, 6.45) is 1.64. The van der Waals surface area contributed by atoms with Crippen LogP contribution in [0, 0.1) is 10.1 Å². The standard InChI is InChI=1S/C11H10N2O4S/c1-17-10-3-2-9(13(15)16)6-8(10)7-12-4-5-18-11(12)14/h2-6H,7H2,1H3. The number of non-ortho nitro benzene ring substituents is 1. The highest BCUT2D eigenvalue weighted by Crippen LogP contribution is 2.24. The predicted molar refractivity (Wildman–Crippen MR) is 67.3 cm³/mol. The Hall–Kier alpha value is -2.15. The lowest BCUT2D eigenvalue weighted by atomic mass is 10.1. The van der Waals surface area contributed by atoms with Crippen LogP contribution in [0.2, 0.25) is 0 Å². The molecule has 6 nitrogen and oxygen atoms in total. The molecular weight excluding hydrogens is 256 g/mol. The first-order valence-corrected chi connectivity index (χ1v) is 5.95. The van der Waals surface area contributed by atoms with Crippen LogP contribution < -0.4 is 9.61 Å². The van der Waals surface area contributed by atoms with Crippen molar-refractivity contribution in [2.45, 2.75) is 6.54 Å². The van der Waals surface area contributed by atoms with Crippen molar-refractivity contribution >= 4 is 17.0 Å². The minimum absolute atomic E-state index is 0.0194. The molecule has 0 saturated heterocycles. The van der Waals surface area contributed by atoms with Crippen molar-refractivity contribution in [3.8, 4) is 5.75 Å². The number of thiazole rings is 1. The van der Waals surface area contributed by atoms with Gasteiger partial charge in [-0.2, -0.15) is 0 Å². The summed E-state index contributed by atoms with van der Waals surface area (Å²) in [6, 6.07) is 4.33. The summed E-state index contributed by atoms with van der Waals surface area (Å²) in [5, 5.41) is 12.4. The number of hydrogen-bond donors (Lipinski definition) is 0. The smallest absolute Gasteiger partial charge is 0.307 e. The Labute approximate surface area is 106 Å². The first-order chi connectivity index (χ1) is 8.61.